The van der Waals surface area contributed by atoms with E-state index in [4.69, 9.17) is 5.26 Å². The molecule has 1 heterocycles. The second-order valence-electron chi connectivity index (χ2n) is 4.80. The summed E-state index contributed by atoms with van der Waals surface area (Å²) in [6.07, 6.45) is 5.60. The minimum absolute atomic E-state index is 0.574. The van der Waals surface area contributed by atoms with Crippen LogP contribution in [0.4, 0.5) is 0 Å². The molecule has 1 aromatic heterocycles. The normalized spacial score (nSPS) is 14.9. The minimum atomic E-state index is 0.574. The number of rotatable bonds is 6. The van der Waals surface area contributed by atoms with Crippen LogP contribution < -0.4 is 0 Å². The molecule has 0 saturated heterocycles. The maximum Gasteiger partial charge on any atom is 0.144 e. The lowest BCUT2D eigenvalue weighted by Gasteiger charge is -2.21. The average Bonchev–Trinajstić information content (AvgIpc) is 3.14. The van der Waals surface area contributed by atoms with Crippen LogP contribution in [0, 0.1) is 17.2 Å². The molecular formula is C14H19N3. The third-order valence-corrected chi connectivity index (χ3v) is 3.14. The quantitative estimate of drug-likeness (QED) is 0.752. The molecule has 0 aromatic carbocycles. The minimum Gasteiger partial charge on any atom is -0.299 e. The van der Waals surface area contributed by atoms with Crippen LogP contribution in [-0.4, -0.2) is 23.0 Å². The number of nitrogens with zero attached hydrogens (tertiary/aromatic N) is 3. The van der Waals surface area contributed by atoms with Crippen molar-refractivity contribution in [3.05, 3.63) is 29.6 Å². The van der Waals surface area contributed by atoms with Crippen LogP contribution in [0.2, 0.25) is 0 Å². The van der Waals surface area contributed by atoms with Crippen molar-refractivity contribution in [1.29, 1.82) is 5.26 Å². The highest BCUT2D eigenvalue weighted by Crippen LogP contribution is 2.30. The van der Waals surface area contributed by atoms with Gasteiger partial charge in [0, 0.05) is 24.8 Å². The van der Waals surface area contributed by atoms with Crippen molar-refractivity contribution in [2.75, 3.05) is 13.1 Å². The smallest absolute Gasteiger partial charge is 0.144 e. The Morgan fingerprint density at radius 3 is 3.00 bits per heavy atom. The third-order valence-electron chi connectivity index (χ3n) is 3.14. The fourth-order valence-electron chi connectivity index (χ4n) is 2.12. The highest BCUT2D eigenvalue weighted by Gasteiger charge is 2.24. The molecule has 3 heteroatoms. The maximum absolute atomic E-state index is 9.02. The van der Waals surface area contributed by atoms with Gasteiger partial charge in [0.2, 0.25) is 0 Å². The lowest BCUT2D eigenvalue weighted by atomic mass is 10.2. The van der Waals surface area contributed by atoms with Gasteiger partial charge >= 0.3 is 0 Å². The molecule has 1 aliphatic carbocycles. The number of pyridine rings is 1. The van der Waals surface area contributed by atoms with E-state index in [9.17, 15) is 0 Å². The number of aromatic nitrogens is 1. The third kappa shape index (κ3) is 3.54. The zero-order valence-electron chi connectivity index (χ0n) is 10.4. The van der Waals surface area contributed by atoms with Gasteiger partial charge in [-0.25, -0.2) is 4.98 Å². The topological polar surface area (TPSA) is 39.9 Å². The first kappa shape index (κ1) is 12.1. The lowest BCUT2D eigenvalue weighted by molar-refractivity contribution is 0.254. The van der Waals surface area contributed by atoms with Gasteiger partial charge in [0.1, 0.15) is 11.8 Å². The molecule has 0 spiro atoms. The fourth-order valence-corrected chi connectivity index (χ4v) is 2.12. The van der Waals surface area contributed by atoms with Gasteiger partial charge < -0.3 is 0 Å². The molecule has 0 bridgehead atoms. The van der Waals surface area contributed by atoms with Crippen molar-refractivity contribution in [1.82, 2.24) is 9.88 Å². The Morgan fingerprint density at radius 2 is 2.35 bits per heavy atom. The van der Waals surface area contributed by atoms with Crippen molar-refractivity contribution >= 4 is 0 Å². The van der Waals surface area contributed by atoms with Gasteiger partial charge in [-0.1, -0.05) is 13.0 Å². The van der Waals surface area contributed by atoms with E-state index in [1.165, 1.54) is 19.4 Å². The summed E-state index contributed by atoms with van der Waals surface area (Å²) in [6, 6.07) is 6.10. The van der Waals surface area contributed by atoms with E-state index in [1.54, 1.807) is 6.20 Å². The summed E-state index contributed by atoms with van der Waals surface area (Å²) in [5.74, 6) is 0.892. The van der Waals surface area contributed by atoms with Gasteiger partial charge in [0.15, 0.2) is 0 Å². The number of nitriles is 1. The second-order valence-corrected chi connectivity index (χ2v) is 4.80. The molecule has 0 unspecified atom stereocenters. The van der Waals surface area contributed by atoms with Gasteiger partial charge in [0.05, 0.1) is 0 Å². The monoisotopic (exact) mass is 229 g/mol. The maximum atomic E-state index is 9.02. The molecule has 1 aromatic rings. The molecule has 3 nitrogen and oxygen atoms in total. The molecule has 0 amide bonds. The molecule has 0 N–H and O–H groups in total. The predicted octanol–water partition coefficient (Wildman–Crippen LogP) is 2.58. The summed E-state index contributed by atoms with van der Waals surface area (Å²) in [4.78, 5) is 6.57. The molecule has 1 fully saturated rings. The van der Waals surface area contributed by atoms with E-state index < -0.39 is 0 Å². The summed E-state index contributed by atoms with van der Waals surface area (Å²) in [5.41, 5.74) is 1.63. The average molecular weight is 229 g/mol. The van der Waals surface area contributed by atoms with E-state index in [-0.39, 0.29) is 0 Å². The Balaban J connectivity index is 2.02. The Kier molecular flexibility index (Phi) is 4.11. The Morgan fingerprint density at radius 1 is 1.53 bits per heavy atom. The fraction of sp³-hybridized carbons (Fsp3) is 0.571. The molecule has 2 rings (SSSR count). The molecule has 0 atom stereocenters. The SMILES string of the molecule is CCCN(Cc1cccnc1C#N)CC1CC1. The number of hydrogen-bond acceptors (Lipinski definition) is 3. The summed E-state index contributed by atoms with van der Waals surface area (Å²) < 4.78 is 0. The summed E-state index contributed by atoms with van der Waals surface area (Å²) in [5, 5.41) is 9.02. The molecular weight excluding hydrogens is 210 g/mol. The highest BCUT2D eigenvalue weighted by atomic mass is 15.1. The molecule has 1 aliphatic rings. The van der Waals surface area contributed by atoms with E-state index in [0.29, 0.717) is 5.69 Å². The van der Waals surface area contributed by atoms with E-state index in [2.05, 4.69) is 22.9 Å². The summed E-state index contributed by atoms with van der Waals surface area (Å²) >= 11 is 0. The van der Waals surface area contributed by atoms with Crippen LogP contribution >= 0.6 is 0 Å². The molecule has 90 valence electrons. The Hall–Kier alpha value is -1.40. The molecule has 0 aliphatic heterocycles. The lowest BCUT2D eigenvalue weighted by Crippen LogP contribution is -2.26. The van der Waals surface area contributed by atoms with Crippen molar-refractivity contribution < 1.29 is 0 Å². The summed E-state index contributed by atoms with van der Waals surface area (Å²) in [6.45, 7) is 5.35. The zero-order valence-corrected chi connectivity index (χ0v) is 10.4. The van der Waals surface area contributed by atoms with Crippen LogP contribution in [0.25, 0.3) is 0 Å². The van der Waals surface area contributed by atoms with Crippen LogP contribution in [0.3, 0.4) is 0 Å². The first-order valence-corrected chi connectivity index (χ1v) is 6.39. The van der Waals surface area contributed by atoms with Gasteiger partial charge in [-0.3, -0.25) is 4.90 Å². The Labute approximate surface area is 103 Å². The van der Waals surface area contributed by atoms with Crippen molar-refractivity contribution in [3.63, 3.8) is 0 Å². The predicted molar refractivity (Wildman–Crippen MR) is 67.2 cm³/mol. The molecule has 17 heavy (non-hydrogen) atoms. The Bertz CT molecular complexity index is 404. The van der Waals surface area contributed by atoms with E-state index >= 15 is 0 Å². The van der Waals surface area contributed by atoms with Crippen LogP contribution in [0.1, 0.15) is 37.4 Å². The largest absolute Gasteiger partial charge is 0.299 e. The van der Waals surface area contributed by atoms with E-state index in [1.807, 2.05) is 12.1 Å². The van der Waals surface area contributed by atoms with Crippen LogP contribution in [0.5, 0.6) is 0 Å². The standard InChI is InChI=1S/C14H19N3/c1-2-8-17(10-12-5-6-12)11-13-4-3-7-16-14(13)9-15/h3-4,7,12H,2,5-6,8,10-11H2,1H3. The van der Waals surface area contributed by atoms with Gasteiger partial charge in [0.25, 0.3) is 0 Å². The first-order valence-electron chi connectivity index (χ1n) is 6.39. The number of hydrogen-bond donors (Lipinski definition) is 0. The molecule has 1 saturated carbocycles. The summed E-state index contributed by atoms with van der Waals surface area (Å²) in [7, 11) is 0. The van der Waals surface area contributed by atoms with Crippen molar-refractivity contribution in [3.8, 4) is 6.07 Å². The molecule has 0 radical (unpaired) electrons. The van der Waals surface area contributed by atoms with Gasteiger partial charge in [-0.2, -0.15) is 5.26 Å². The van der Waals surface area contributed by atoms with Crippen molar-refractivity contribution in [2.45, 2.75) is 32.7 Å². The van der Waals surface area contributed by atoms with E-state index in [0.717, 1.165) is 31.0 Å². The van der Waals surface area contributed by atoms with Crippen molar-refractivity contribution in [2.24, 2.45) is 5.92 Å². The van der Waals surface area contributed by atoms with Gasteiger partial charge in [-0.05, 0) is 37.8 Å². The van der Waals surface area contributed by atoms with Crippen LogP contribution in [0.15, 0.2) is 18.3 Å². The van der Waals surface area contributed by atoms with Crippen LogP contribution in [-0.2, 0) is 6.54 Å². The first-order chi connectivity index (χ1) is 8.33. The highest BCUT2D eigenvalue weighted by molar-refractivity contribution is 5.30. The second kappa shape index (κ2) is 5.79. The zero-order chi connectivity index (χ0) is 12.1. The van der Waals surface area contributed by atoms with Gasteiger partial charge in [-0.15, -0.1) is 0 Å².